The normalized spacial score (nSPS) is 17.1. The van der Waals surface area contributed by atoms with Crippen molar-refractivity contribution in [2.45, 2.75) is 31.1 Å². The highest BCUT2D eigenvalue weighted by Crippen LogP contribution is 2.43. The third kappa shape index (κ3) is 2.40. The summed E-state index contributed by atoms with van der Waals surface area (Å²) < 4.78 is 11.1. The predicted molar refractivity (Wildman–Crippen MR) is 71.0 cm³/mol. The first kappa shape index (κ1) is 12.4. The number of methoxy groups -OCH3 is 1. The van der Waals surface area contributed by atoms with Crippen molar-refractivity contribution in [3.8, 4) is 0 Å². The van der Waals surface area contributed by atoms with E-state index < -0.39 is 0 Å². The van der Waals surface area contributed by atoms with Crippen LogP contribution in [0.4, 0.5) is 0 Å². The van der Waals surface area contributed by atoms with Gasteiger partial charge < -0.3 is 9.15 Å². The number of rotatable bonds is 5. The zero-order valence-electron chi connectivity index (χ0n) is 11.1. The quantitative estimate of drug-likeness (QED) is 0.827. The fraction of sp³-hybridized carbons (Fsp3) is 0.467. The Kier molecular flexibility index (Phi) is 3.34. The molecule has 19 heavy (non-hydrogen) atoms. The van der Waals surface area contributed by atoms with E-state index in [1.165, 1.54) is 12.0 Å². The van der Waals surface area contributed by atoms with Crippen LogP contribution in [0.25, 0.3) is 0 Å². The SMILES string of the molecule is COCC1(c2nnc(Cc3ccccc3)o2)CCC1. The molecule has 0 bridgehead atoms. The monoisotopic (exact) mass is 258 g/mol. The van der Waals surface area contributed by atoms with Crippen molar-refractivity contribution in [3.05, 3.63) is 47.7 Å². The fourth-order valence-electron chi connectivity index (χ4n) is 2.61. The summed E-state index contributed by atoms with van der Waals surface area (Å²) >= 11 is 0. The molecule has 1 heterocycles. The molecule has 1 aromatic heterocycles. The topological polar surface area (TPSA) is 48.2 Å². The van der Waals surface area contributed by atoms with Gasteiger partial charge in [0.05, 0.1) is 18.4 Å². The van der Waals surface area contributed by atoms with E-state index >= 15 is 0 Å². The zero-order valence-corrected chi connectivity index (χ0v) is 11.1. The number of benzene rings is 1. The predicted octanol–water partition coefficient (Wildman–Crippen LogP) is 2.73. The van der Waals surface area contributed by atoms with Crippen molar-refractivity contribution in [2.24, 2.45) is 0 Å². The van der Waals surface area contributed by atoms with Gasteiger partial charge in [0.15, 0.2) is 0 Å². The van der Waals surface area contributed by atoms with Crippen LogP contribution in [-0.2, 0) is 16.6 Å². The van der Waals surface area contributed by atoms with E-state index in [1.54, 1.807) is 7.11 Å². The van der Waals surface area contributed by atoms with Crippen LogP contribution in [0, 0.1) is 0 Å². The molecule has 100 valence electrons. The molecule has 0 unspecified atom stereocenters. The van der Waals surface area contributed by atoms with E-state index in [-0.39, 0.29) is 5.41 Å². The van der Waals surface area contributed by atoms with Gasteiger partial charge in [-0.1, -0.05) is 36.8 Å². The molecule has 1 fully saturated rings. The average molecular weight is 258 g/mol. The molecule has 2 aromatic rings. The number of hydrogen-bond acceptors (Lipinski definition) is 4. The maximum atomic E-state index is 5.85. The van der Waals surface area contributed by atoms with Crippen molar-refractivity contribution >= 4 is 0 Å². The van der Waals surface area contributed by atoms with E-state index in [1.807, 2.05) is 18.2 Å². The van der Waals surface area contributed by atoms with Crippen LogP contribution < -0.4 is 0 Å². The van der Waals surface area contributed by atoms with Crippen LogP contribution >= 0.6 is 0 Å². The Morgan fingerprint density at radius 2 is 2.00 bits per heavy atom. The zero-order chi connectivity index (χ0) is 13.1. The average Bonchev–Trinajstić information content (AvgIpc) is 2.84. The summed E-state index contributed by atoms with van der Waals surface area (Å²) in [7, 11) is 1.72. The van der Waals surface area contributed by atoms with Crippen molar-refractivity contribution in [3.63, 3.8) is 0 Å². The van der Waals surface area contributed by atoms with E-state index in [9.17, 15) is 0 Å². The lowest BCUT2D eigenvalue weighted by Gasteiger charge is -2.37. The van der Waals surface area contributed by atoms with Crippen LogP contribution in [0.2, 0.25) is 0 Å². The second kappa shape index (κ2) is 5.13. The molecule has 1 aliphatic rings. The first-order valence-electron chi connectivity index (χ1n) is 6.68. The lowest BCUT2D eigenvalue weighted by molar-refractivity contribution is 0.0590. The Balaban J connectivity index is 1.76. The molecule has 0 saturated heterocycles. The summed E-state index contributed by atoms with van der Waals surface area (Å²) in [6.07, 6.45) is 4.05. The van der Waals surface area contributed by atoms with E-state index in [0.717, 1.165) is 18.7 Å². The third-order valence-electron chi connectivity index (χ3n) is 3.85. The largest absolute Gasteiger partial charge is 0.424 e. The minimum Gasteiger partial charge on any atom is -0.424 e. The number of aromatic nitrogens is 2. The molecule has 1 aliphatic carbocycles. The van der Waals surface area contributed by atoms with Gasteiger partial charge >= 0.3 is 0 Å². The number of nitrogens with zero attached hydrogens (tertiary/aromatic N) is 2. The van der Waals surface area contributed by atoms with Crippen LogP contribution in [0.1, 0.15) is 36.6 Å². The number of ether oxygens (including phenoxy) is 1. The van der Waals surface area contributed by atoms with Gasteiger partial charge in [0, 0.05) is 7.11 Å². The Bertz CT molecular complexity index is 532. The summed E-state index contributed by atoms with van der Waals surface area (Å²) in [6, 6.07) is 10.2. The molecule has 3 rings (SSSR count). The van der Waals surface area contributed by atoms with Gasteiger partial charge in [0.2, 0.25) is 11.8 Å². The summed E-state index contributed by atoms with van der Waals surface area (Å²) in [5, 5.41) is 8.40. The Labute approximate surface area is 112 Å². The lowest BCUT2D eigenvalue weighted by atomic mass is 9.69. The van der Waals surface area contributed by atoms with Crippen molar-refractivity contribution < 1.29 is 9.15 Å². The molecule has 4 heteroatoms. The second-order valence-corrected chi connectivity index (χ2v) is 5.23. The first-order chi connectivity index (χ1) is 9.32. The Morgan fingerprint density at radius 1 is 1.21 bits per heavy atom. The van der Waals surface area contributed by atoms with Crippen LogP contribution in [0.3, 0.4) is 0 Å². The van der Waals surface area contributed by atoms with Gasteiger partial charge in [-0.15, -0.1) is 10.2 Å². The van der Waals surface area contributed by atoms with Gasteiger partial charge in [-0.05, 0) is 18.4 Å². The molecular formula is C15H18N2O2. The van der Waals surface area contributed by atoms with Crippen LogP contribution in [0.15, 0.2) is 34.7 Å². The van der Waals surface area contributed by atoms with Gasteiger partial charge in [-0.2, -0.15) is 0 Å². The van der Waals surface area contributed by atoms with Gasteiger partial charge in [-0.25, -0.2) is 0 Å². The summed E-state index contributed by atoms with van der Waals surface area (Å²) in [6.45, 7) is 0.667. The lowest BCUT2D eigenvalue weighted by Crippen LogP contribution is -2.39. The van der Waals surface area contributed by atoms with Crippen LogP contribution in [0.5, 0.6) is 0 Å². The van der Waals surface area contributed by atoms with Gasteiger partial charge in [-0.3, -0.25) is 0 Å². The molecule has 4 nitrogen and oxygen atoms in total. The smallest absolute Gasteiger partial charge is 0.225 e. The highest BCUT2D eigenvalue weighted by molar-refractivity contribution is 5.18. The molecule has 0 amide bonds. The summed E-state index contributed by atoms with van der Waals surface area (Å²) in [4.78, 5) is 0. The highest BCUT2D eigenvalue weighted by Gasteiger charge is 2.43. The minimum atomic E-state index is -0.0311. The molecule has 0 atom stereocenters. The summed E-state index contributed by atoms with van der Waals surface area (Å²) in [5.41, 5.74) is 1.16. The summed E-state index contributed by atoms with van der Waals surface area (Å²) in [5.74, 6) is 1.43. The van der Waals surface area contributed by atoms with Crippen LogP contribution in [-0.4, -0.2) is 23.9 Å². The molecule has 1 saturated carbocycles. The maximum Gasteiger partial charge on any atom is 0.225 e. The Hall–Kier alpha value is -1.68. The second-order valence-electron chi connectivity index (χ2n) is 5.23. The van der Waals surface area contributed by atoms with Crippen molar-refractivity contribution in [1.82, 2.24) is 10.2 Å². The maximum absolute atomic E-state index is 5.85. The minimum absolute atomic E-state index is 0.0311. The molecule has 0 N–H and O–H groups in total. The molecular weight excluding hydrogens is 240 g/mol. The van der Waals surface area contributed by atoms with Gasteiger partial charge in [0.25, 0.3) is 0 Å². The third-order valence-corrected chi connectivity index (χ3v) is 3.85. The van der Waals surface area contributed by atoms with Crippen molar-refractivity contribution in [2.75, 3.05) is 13.7 Å². The molecule has 1 aromatic carbocycles. The fourth-order valence-corrected chi connectivity index (χ4v) is 2.61. The highest BCUT2D eigenvalue weighted by atomic mass is 16.5. The van der Waals surface area contributed by atoms with E-state index in [0.29, 0.717) is 18.9 Å². The first-order valence-corrected chi connectivity index (χ1v) is 6.68. The Morgan fingerprint density at radius 3 is 2.63 bits per heavy atom. The van der Waals surface area contributed by atoms with E-state index in [4.69, 9.17) is 9.15 Å². The molecule has 0 radical (unpaired) electrons. The van der Waals surface area contributed by atoms with Gasteiger partial charge in [0.1, 0.15) is 0 Å². The standard InChI is InChI=1S/C15H18N2O2/c1-18-11-15(8-5-9-15)14-17-16-13(19-14)10-12-6-3-2-4-7-12/h2-4,6-7H,5,8-11H2,1H3. The van der Waals surface area contributed by atoms with Crippen molar-refractivity contribution in [1.29, 1.82) is 0 Å². The molecule has 0 aliphatic heterocycles. The molecule has 0 spiro atoms. The van der Waals surface area contributed by atoms with E-state index in [2.05, 4.69) is 22.3 Å². The number of hydrogen-bond donors (Lipinski definition) is 0.